The molecule has 2 N–H and O–H groups in total. The Bertz CT molecular complexity index is 1610. The lowest BCUT2D eigenvalue weighted by Crippen LogP contribution is -2.44. The van der Waals surface area contributed by atoms with Gasteiger partial charge in [0.1, 0.15) is 24.1 Å². The molecule has 1 unspecified atom stereocenters. The Morgan fingerprint density at radius 3 is 2.44 bits per heavy atom. The predicted octanol–water partition coefficient (Wildman–Crippen LogP) is 7.08. The maximum absolute atomic E-state index is 14.5. The van der Waals surface area contributed by atoms with Gasteiger partial charge in [-0.3, -0.25) is 9.59 Å². The van der Waals surface area contributed by atoms with Crippen molar-refractivity contribution in [1.29, 1.82) is 0 Å². The first-order valence-electron chi connectivity index (χ1n) is 14.2. The second-order valence-corrected chi connectivity index (χ2v) is 11.5. The van der Waals surface area contributed by atoms with Crippen LogP contribution in [0.4, 0.5) is 24.5 Å². The highest BCUT2D eigenvalue weighted by atomic mass is 35.5. The summed E-state index contributed by atoms with van der Waals surface area (Å²) in [6.45, 7) is 1.90. The maximum Gasteiger partial charge on any atom is 0.573 e. The minimum atomic E-state index is -4.88. The van der Waals surface area contributed by atoms with Crippen LogP contribution in [0, 0.1) is 0 Å². The van der Waals surface area contributed by atoms with E-state index in [4.69, 9.17) is 26.3 Å². The van der Waals surface area contributed by atoms with Crippen LogP contribution < -0.4 is 19.7 Å². The normalized spacial score (nSPS) is 16.0. The lowest BCUT2D eigenvalue weighted by Gasteiger charge is -2.39. The van der Waals surface area contributed by atoms with Gasteiger partial charge >= 0.3 is 12.3 Å². The minimum Gasteiger partial charge on any atom is -0.497 e. The molecule has 0 saturated heterocycles. The summed E-state index contributed by atoms with van der Waals surface area (Å²) in [5.74, 6) is -1.34. The zero-order valence-corrected chi connectivity index (χ0v) is 25.2. The number of alkyl halides is 3. The number of carbonyl (C=O) groups excluding carboxylic acids is 1. The molecule has 5 rings (SSSR count). The minimum absolute atomic E-state index is 0.108. The average Bonchev–Trinajstić information content (AvgIpc) is 3.32. The van der Waals surface area contributed by atoms with E-state index < -0.39 is 24.1 Å². The Kier molecular flexibility index (Phi) is 9.15. The topological polar surface area (TPSA) is 110 Å². The van der Waals surface area contributed by atoms with Crippen molar-refractivity contribution >= 4 is 40.6 Å². The summed E-state index contributed by atoms with van der Waals surface area (Å²) in [7, 11) is 1.49. The van der Waals surface area contributed by atoms with E-state index >= 15 is 0 Å². The van der Waals surface area contributed by atoms with Gasteiger partial charge in [-0.1, -0.05) is 41.4 Å². The molecule has 45 heavy (non-hydrogen) atoms. The van der Waals surface area contributed by atoms with Gasteiger partial charge in [-0.25, -0.2) is 0 Å². The molecule has 3 aromatic rings. The van der Waals surface area contributed by atoms with Gasteiger partial charge < -0.3 is 29.6 Å². The number of hydrogen-bond acceptors (Lipinski definition) is 7. The van der Waals surface area contributed by atoms with E-state index in [-0.39, 0.29) is 24.3 Å². The lowest BCUT2D eigenvalue weighted by molar-refractivity contribution is -0.274. The number of halogens is 4. The third kappa shape index (κ3) is 7.28. The zero-order valence-electron chi connectivity index (χ0n) is 24.5. The summed E-state index contributed by atoms with van der Waals surface area (Å²) in [6.07, 6.45) is -2.51. The van der Waals surface area contributed by atoms with Gasteiger partial charge in [0.05, 0.1) is 24.9 Å². The van der Waals surface area contributed by atoms with Crippen LogP contribution in [-0.2, 0) is 19.8 Å². The molecule has 0 bridgehead atoms. The maximum atomic E-state index is 14.5. The van der Waals surface area contributed by atoms with Crippen molar-refractivity contribution in [2.45, 2.75) is 50.4 Å². The predicted molar refractivity (Wildman–Crippen MR) is 162 cm³/mol. The quantitative estimate of drug-likeness (QED) is 0.130. The number of carboxylic acid groups (broad SMARTS) is 1. The van der Waals surface area contributed by atoms with Crippen molar-refractivity contribution in [1.82, 2.24) is 0 Å². The SMILES string of the molecule is COc1cc(NC(C(=O)N2CC3(CCC3)c3ccc(OC(F)(F)F)cc32)c2ccc(Cl)cc2)cc(C(C)=NOCCC(=O)O)c1. The fourth-order valence-corrected chi connectivity index (χ4v) is 5.81. The van der Waals surface area contributed by atoms with Crippen molar-refractivity contribution in [3.8, 4) is 11.5 Å². The molecular formula is C32H31ClF3N3O6. The van der Waals surface area contributed by atoms with Crippen molar-refractivity contribution in [3.63, 3.8) is 0 Å². The van der Waals surface area contributed by atoms with Crippen molar-refractivity contribution in [3.05, 3.63) is 82.4 Å². The number of anilines is 2. The molecule has 1 spiro atoms. The van der Waals surface area contributed by atoms with Crippen LogP contribution in [0.25, 0.3) is 0 Å². The summed E-state index contributed by atoms with van der Waals surface area (Å²) in [6, 6.07) is 15.1. The van der Waals surface area contributed by atoms with Crippen molar-refractivity contribution in [2.75, 3.05) is 30.5 Å². The van der Waals surface area contributed by atoms with E-state index in [1.165, 1.54) is 24.1 Å². The van der Waals surface area contributed by atoms with E-state index in [1.807, 2.05) is 0 Å². The van der Waals surface area contributed by atoms with Gasteiger partial charge in [0.15, 0.2) is 0 Å². The van der Waals surface area contributed by atoms with E-state index in [1.54, 1.807) is 55.5 Å². The van der Waals surface area contributed by atoms with E-state index in [0.29, 0.717) is 45.5 Å². The third-order valence-corrected chi connectivity index (χ3v) is 8.28. The number of aliphatic carboxylic acids is 1. The number of amides is 1. The fourth-order valence-electron chi connectivity index (χ4n) is 5.68. The smallest absolute Gasteiger partial charge is 0.497 e. The van der Waals surface area contributed by atoms with Gasteiger partial charge in [0.25, 0.3) is 5.91 Å². The van der Waals surface area contributed by atoms with Gasteiger partial charge in [-0.2, -0.15) is 0 Å². The summed E-state index contributed by atoms with van der Waals surface area (Å²) >= 11 is 6.15. The van der Waals surface area contributed by atoms with Crippen molar-refractivity contribution < 1.29 is 42.2 Å². The standard InChI is InChI=1S/C32H31ClF3N3O6/c1-19(38-44-13-10-28(40)41)21-14-23(16-25(15-21)43-2)37-29(20-4-6-22(33)7-5-20)30(42)39-18-31(11-3-12-31)26-9-8-24(17-27(26)39)45-32(34,35)36/h4-9,14-17,29,37H,3,10-13,18H2,1-2H3,(H,40,41). The highest BCUT2D eigenvalue weighted by Crippen LogP contribution is 2.54. The highest BCUT2D eigenvalue weighted by Gasteiger charge is 2.49. The second kappa shape index (κ2) is 12.9. The summed E-state index contributed by atoms with van der Waals surface area (Å²) in [5.41, 5.74) is 2.97. The van der Waals surface area contributed by atoms with Crippen molar-refractivity contribution in [2.24, 2.45) is 5.16 Å². The molecule has 238 valence electrons. The van der Waals surface area contributed by atoms with E-state index in [0.717, 1.165) is 24.8 Å². The molecule has 1 heterocycles. The summed E-state index contributed by atoms with van der Waals surface area (Å²) in [5, 5.41) is 16.6. The number of rotatable bonds is 11. The summed E-state index contributed by atoms with van der Waals surface area (Å²) < 4.78 is 49.0. The largest absolute Gasteiger partial charge is 0.573 e. The Labute approximate surface area is 262 Å². The number of ether oxygens (including phenoxy) is 2. The van der Waals surface area contributed by atoms with E-state index in [2.05, 4.69) is 15.2 Å². The second-order valence-electron chi connectivity index (χ2n) is 11.0. The highest BCUT2D eigenvalue weighted by molar-refractivity contribution is 6.30. The molecule has 1 saturated carbocycles. The van der Waals surface area contributed by atoms with Crippen LogP contribution >= 0.6 is 11.6 Å². The van der Waals surface area contributed by atoms with Crippen LogP contribution in [0.15, 0.2) is 65.8 Å². The summed E-state index contributed by atoms with van der Waals surface area (Å²) in [4.78, 5) is 31.9. The molecule has 13 heteroatoms. The molecule has 9 nitrogen and oxygen atoms in total. The van der Waals surface area contributed by atoms with Crippen LogP contribution in [0.1, 0.15) is 55.3 Å². The number of methoxy groups -OCH3 is 1. The first kappa shape index (κ1) is 32.0. The molecule has 0 radical (unpaired) electrons. The number of benzene rings is 3. The number of nitrogens with one attached hydrogen (secondary N) is 1. The molecule has 1 fully saturated rings. The molecule has 1 amide bonds. The van der Waals surface area contributed by atoms with Gasteiger partial charge in [0, 0.05) is 40.4 Å². The first-order valence-corrected chi connectivity index (χ1v) is 14.6. The molecular weight excluding hydrogens is 615 g/mol. The molecule has 3 aromatic carbocycles. The molecule has 1 aliphatic carbocycles. The van der Waals surface area contributed by atoms with E-state index in [9.17, 15) is 22.8 Å². The Morgan fingerprint density at radius 1 is 1.09 bits per heavy atom. The zero-order chi connectivity index (χ0) is 32.4. The molecule has 2 aliphatic rings. The molecule has 0 aromatic heterocycles. The average molecular weight is 646 g/mol. The monoisotopic (exact) mass is 645 g/mol. The third-order valence-electron chi connectivity index (χ3n) is 8.03. The number of carbonyl (C=O) groups is 2. The van der Waals surface area contributed by atoms with Crippen LogP contribution in [0.3, 0.4) is 0 Å². The number of nitrogens with zero attached hydrogens (tertiary/aromatic N) is 2. The number of fused-ring (bicyclic) bond motifs is 2. The molecule has 1 aliphatic heterocycles. The van der Waals surface area contributed by atoms with Gasteiger partial charge in [0.2, 0.25) is 0 Å². The Hall–Kier alpha value is -4.45. The molecule has 1 atom stereocenters. The Morgan fingerprint density at radius 2 is 1.82 bits per heavy atom. The van der Waals surface area contributed by atoms with Gasteiger partial charge in [-0.15, -0.1) is 13.2 Å². The number of carboxylic acids is 1. The van der Waals surface area contributed by atoms with Crippen LogP contribution in [0.5, 0.6) is 11.5 Å². The van der Waals surface area contributed by atoms with Crippen LogP contribution in [-0.4, -0.2) is 49.3 Å². The van der Waals surface area contributed by atoms with Gasteiger partial charge in [-0.05, 0) is 61.2 Å². The Balaban J connectivity index is 1.50. The van der Waals surface area contributed by atoms with Crippen LogP contribution in [0.2, 0.25) is 5.02 Å². The lowest BCUT2D eigenvalue weighted by atomic mass is 9.66. The number of oxime groups is 1. The first-order chi connectivity index (χ1) is 21.4. The fraction of sp³-hybridized carbons (Fsp3) is 0.344. The number of hydrogen-bond donors (Lipinski definition) is 2.